The highest BCUT2D eigenvalue weighted by molar-refractivity contribution is 9.10. The molecule has 0 radical (unpaired) electrons. The predicted octanol–water partition coefficient (Wildman–Crippen LogP) is 3.81. The molecule has 2 nitrogen and oxygen atoms in total. The first-order valence-corrected chi connectivity index (χ1v) is 4.66. The smallest absolute Gasteiger partial charge is 0.421 e. The van der Waals surface area contributed by atoms with Gasteiger partial charge in [0, 0.05) is 4.47 Å². The second kappa shape index (κ2) is 4.52. The molecule has 1 heterocycles. The van der Waals surface area contributed by atoms with Crippen molar-refractivity contribution >= 4 is 15.9 Å². The van der Waals surface area contributed by atoms with Crippen molar-refractivity contribution in [2.24, 2.45) is 0 Å². The number of ether oxygens (including phenoxy) is 1. The molecule has 0 N–H and O–H groups in total. The van der Waals surface area contributed by atoms with E-state index in [1.807, 2.05) is 0 Å². The molecular formula is C8H5BrF5NO. The first-order valence-electron chi connectivity index (χ1n) is 3.87. The summed E-state index contributed by atoms with van der Waals surface area (Å²) in [5.74, 6) is -0.869. The van der Waals surface area contributed by atoms with Gasteiger partial charge in [-0.25, -0.2) is 13.8 Å². The molecule has 0 bridgehead atoms. The lowest BCUT2D eigenvalue weighted by Gasteiger charge is -2.13. The third-order valence-corrected chi connectivity index (χ3v) is 2.31. The van der Waals surface area contributed by atoms with Gasteiger partial charge in [-0.2, -0.15) is 13.2 Å². The fourth-order valence-electron chi connectivity index (χ4n) is 0.997. The summed E-state index contributed by atoms with van der Waals surface area (Å²) in [7, 11) is 0.931. The van der Waals surface area contributed by atoms with E-state index in [1.54, 1.807) is 0 Å². The molecule has 0 aliphatic carbocycles. The molecule has 0 fully saturated rings. The molecule has 16 heavy (non-hydrogen) atoms. The van der Waals surface area contributed by atoms with E-state index >= 15 is 0 Å². The highest BCUT2D eigenvalue weighted by Crippen LogP contribution is 2.39. The van der Waals surface area contributed by atoms with Crippen LogP contribution in [0.4, 0.5) is 22.0 Å². The van der Waals surface area contributed by atoms with Crippen molar-refractivity contribution in [3.63, 3.8) is 0 Å². The lowest BCUT2D eigenvalue weighted by Crippen LogP contribution is -2.10. The largest absolute Gasteiger partial charge is 0.481 e. The van der Waals surface area contributed by atoms with Crippen LogP contribution in [0.25, 0.3) is 0 Å². The Morgan fingerprint density at radius 2 is 1.94 bits per heavy atom. The van der Waals surface area contributed by atoms with Gasteiger partial charge in [0.15, 0.2) is 0 Å². The summed E-state index contributed by atoms with van der Waals surface area (Å²) in [5.41, 5.74) is -1.99. The zero-order valence-electron chi connectivity index (χ0n) is 7.78. The maximum atomic E-state index is 12.4. The molecule has 0 saturated heterocycles. The summed E-state index contributed by atoms with van der Waals surface area (Å²) in [6.45, 7) is 0. The van der Waals surface area contributed by atoms with Crippen LogP contribution in [-0.2, 0) is 6.18 Å². The first-order chi connectivity index (χ1) is 7.27. The van der Waals surface area contributed by atoms with Gasteiger partial charge in [0.25, 0.3) is 6.43 Å². The minimum atomic E-state index is -4.71. The third kappa shape index (κ3) is 2.60. The van der Waals surface area contributed by atoms with Gasteiger partial charge in [-0.15, -0.1) is 0 Å². The number of alkyl halides is 5. The second-order valence-corrected chi connectivity index (χ2v) is 3.57. The minimum absolute atomic E-state index is 0.407. The van der Waals surface area contributed by atoms with Gasteiger partial charge in [-0.05, 0) is 22.0 Å². The van der Waals surface area contributed by atoms with E-state index in [9.17, 15) is 22.0 Å². The topological polar surface area (TPSA) is 22.1 Å². The van der Waals surface area contributed by atoms with E-state index in [0.29, 0.717) is 6.07 Å². The Labute approximate surface area is 95.6 Å². The monoisotopic (exact) mass is 305 g/mol. The van der Waals surface area contributed by atoms with Crippen LogP contribution < -0.4 is 4.74 Å². The van der Waals surface area contributed by atoms with Crippen molar-refractivity contribution in [1.29, 1.82) is 0 Å². The van der Waals surface area contributed by atoms with Crippen molar-refractivity contribution in [3.8, 4) is 5.88 Å². The van der Waals surface area contributed by atoms with Crippen molar-refractivity contribution in [2.75, 3.05) is 7.11 Å². The molecule has 1 aromatic rings. The summed E-state index contributed by atoms with van der Waals surface area (Å²) in [6.07, 6.45) is -7.69. The van der Waals surface area contributed by atoms with E-state index in [-0.39, 0.29) is 0 Å². The van der Waals surface area contributed by atoms with Crippen molar-refractivity contribution < 1.29 is 26.7 Å². The number of pyridine rings is 1. The van der Waals surface area contributed by atoms with Crippen molar-refractivity contribution in [3.05, 3.63) is 21.8 Å². The van der Waals surface area contributed by atoms with Crippen LogP contribution in [0.5, 0.6) is 5.88 Å². The maximum absolute atomic E-state index is 12.4. The highest BCUT2D eigenvalue weighted by Gasteiger charge is 2.36. The molecular weight excluding hydrogens is 301 g/mol. The molecule has 0 aromatic carbocycles. The summed E-state index contributed by atoms with van der Waals surface area (Å²) < 4.78 is 65.9. The number of rotatable bonds is 2. The molecule has 0 aliphatic rings. The Balaban J connectivity index is 3.38. The number of hydrogen-bond acceptors (Lipinski definition) is 2. The lowest BCUT2D eigenvalue weighted by atomic mass is 10.2. The fourth-order valence-corrected chi connectivity index (χ4v) is 1.49. The molecule has 0 atom stereocenters. The number of aromatic nitrogens is 1. The van der Waals surface area contributed by atoms with Gasteiger partial charge in [0.1, 0.15) is 11.3 Å². The molecule has 1 aromatic heterocycles. The summed E-state index contributed by atoms with van der Waals surface area (Å²) in [4.78, 5) is 3.12. The Kier molecular flexibility index (Phi) is 3.72. The van der Waals surface area contributed by atoms with Gasteiger partial charge >= 0.3 is 6.18 Å². The lowest BCUT2D eigenvalue weighted by molar-refractivity contribution is -0.139. The average molecular weight is 306 g/mol. The summed E-state index contributed by atoms with van der Waals surface area (Å²) >= 11 is 2.61. The fraction of sp³-hybridized carbons (Fsp3) is 0.375. The van der Waals surface area contributed by atoms with Crippen LogP contribution in [0, 0.1) is 0 Å². The first kappa shape index (κ1) is 13.1. The predicted molar refractivity (Wildman–Crippen MR) is 48.4 cm³/mol. The summed E-state index contributed by atoms with van der Waals surface area (Å²) in [6, 6.07) is 0.521. The zero-order chi connectivity index (χ0) is 12.5. The SMILES string of the molecule is COc1nc(C(F)F)c(Br)cc1C(F)(F)F. The van der Waals surface area contributed by atoms with E-state index in [2.05, 4.69) is 25.7 Å². The molecule has 8 heteroatoms. The van der Waals surface area contributed by atoms with E-state index < -0.39 is 34.2 Å². The maximum Gasteiger partial charge on any atom is 0.421 e. The van der Waals surface area contributed by atoms with Gasteiger partial charge in [0.05, 0.1) is 7.11 Å². The van der Waals surface area contributed by atoms with E-state index in [4.69, 9.17) is 0 Å². The van der Waals surface area contributed by atoms with Gasteiger partial charge < -0.3 is 4.74 Å². The molecule has 0 saturated carbocycles. The highest BCUT2D eigenvalue weighted by atomic mass is 79.9. The molecule has 0 spiro atoms. The Hall–Kier alpha value is -0.920. The normalized spacial score (nSPS) is 12.0. The zero-order valence-corrected chi connectivity index (χ0v) is 9.36. The van der Waals surface area contributed by atoms with Gasteiger partial charge in [0.2, 0.25) is 5.88 Å². The van der Waals surface area contributed by atoms with Crippen molar-refractivity contribution in [1.82, 2.24) is 4.98 Å². The molecule has 0 unspecified atom stereocenters. The molecule has 90 valence electrons. The van der Waals surface area contributed by atoms with E-state index in [0.717, 1.165) is 7.11 Å². The van der Waals surface area contributed by atoms with E-state index in [1.165, 1.54) is 0 Å². The molecule has 0 amide bonds. The van der Waals surface area contributed by atoms with Gasteiger partial charge in [-0.3, -0.25) is 0 Å². The molecule has 0 aliphatic heterocycles. The van der Waals surface area contributed by atoms with Crippen molar-refractivity contribution in [2.45, 2.75) is 12.6 Å². The molecule has 1 rings (SSSR count). The van der Waals surface area contributed by atoms with Crippen LogP contribution in [0.3, 0.4) is 0 Å². The van der Waals surface area contributed by atoms with Crippen LogP contribution >= 0.6 is 15.9 Å². The van der Waals surface area contributed by atoms with Crippen LogP contribution in [-0.4, -0.2) is 12.1 Å². The second-order valence-electron chi connectivity index (χ2n) is 2.71. The third-order valence-electron chi connectivity index (χ3n) is 1.67. The van der Waals surface area contributed by atoms with Crippen LogP contribution in [0.1, 0.15) is 17.7 Å². The number of hydrogen-bond donors (Lipinski definition) is 0. The number of nitrogens with zero attached hydrogens (tertiary/aromatic N) is 1. The Morgan fingerprint density at radius 1 is 1.38 bits per heavy atom. The van der Waals surface area contributed by atoms with Gasteiger partial charge in [-0.1, -0.05) is 0 Å². The Bertz CT molecular complexity index is 393. The Morgan fingerprint density at radius 3 is 2.31 bits per heavy atom. The van der Waals surface area contributed by atoms with Crippen LogP contribution in [0.2, 0.25) is 0 Å². The average Bonchev–Trinajstić information content (AvgIpc) is 2.15. The standard InChI is InChI=1S/C8H5BrF5NO/c1-16-7-3(8(12,13)14)2-4(9)5(15-7)6(10)11/h2,6H,1H3. The minimum Gasteiger partial charge on any atom is -0.481 e. The number of methoxy groups -OCH3 is 1. The summed E-state index contributed by atoms with van der Waals surface area (Å²) in [5, 5.41) is 0. The van der Waals surface area contributed by atoms with Crippen LogP contribution in [0.15, 0.2) is 10.5 Å². The quantitative estimate of drug-likeness (QED) is 0.775. The number of halogens is 6.